The van der Waals surface area contributed by atoms with Crippen LogP contribution in [0.15, 0.2) is 55.0 Å². The number of aromatic nitrogens is 3. The molecule has 0 bridgehead atoms. The van der Waals surface area contributed by atoms with Gasteiger partial charge in [0.15, 0.2) is 0 Å². The number of rotatable bonds is 4. The monoisotopic (exact) mass is 433 g/mol. The summed E-state index contributed by atoms with van der Waals surface area (Å²) in [6, 6.07) is 11.2. The minimum Gasteiger partial charge on any atom is -0.321 e. The number of nitrogens with zero attached hydrogens (tertiary/aromatic N) is 3. The van der Waals surface area contributed by atoms with Crippen molar-refractivity contribution in [3.05, 3.63) is 65.4 Å². The molecule has 3 aromatic heterocycles. The van der Waals surface area contributed by atoms with Crippen LogP contribution in [0.5, 0.6) is 0 Å². The summed E-state index contributed by atoms with van der Waals surface area (Å²) < 4.78 is 1.86. The molecule has 4 aromatic rings. The predicted octanol–water partition coefficient (Wildman–Crippen LogP) is 5.00. The van der Waals surface area contributed by atoms with E-state index in [1.807, 2.05) is 80.9 Å². The third-order valence-electron chi connectivity index (χ3n) is 4.72. The molecule has 3 heterocycles. The van der Waals surface area contributed by atoms with E-state index in [1.54, 1.807) is 6.20 Å². The molecule has 0 aliphatic rings. The van der Waals surface area contributed by atoms with Gasteiger partial charge >= 0.3 is 0 Å². The highest BCUT2D eigenvalue weighted by atomic mass is 32.1. The van der Waals surface area contributed by atoms with Crippen molar-refractivity contribution < 1.29 is 9.59 Å². The Labute approximate surface area is 184 Å². The highest BCUT2D eigenvalue weighted by molar-refractivity contribution is 7.18. The molecular formula is C23H23N5O2S. The summed E-state index contributed by atoms with van der Waals surface area (Å²) in [5, 5.41) is 6.47. The molecular weight excluding hydrogens is 410 g/mol. The molecule has 0 aliphatic heterocycles. The number of aryl methyl sites for hydroxylation is 1. The number of hydrogen-bond donors (Lipinski definition) is 2. The van der Waals surface area contributed by atoms with Crippen LogP contribution in [-0.2, 0) is 4.79 Å². The Kier molecular flexibility index (Phi) is 5.32. The van der Waals surface area contributed by atoms with Crippen LogP contribution in [-0.4, -0.2) is 26.2 Å². The SMILES string of the molecule is Cc1cc(NC(=O)C(C)(C)C)sc1C(=O)Nc1ccc(-c2cn3cccnc3n2)cc1. The lowest BCUT2D eigenvalue weighted by molar-refractivity contribution is -0.123. The van der Waals surface area contributed by atoms with Gasteiger partial charge in [0.2, 0.25) is 11.7 Å². The van der Waals surface area contributed by atoms with Crippen molar-refractivity contribution in [2.24, 2.45) is 5.41 Å². The van der Waals surface area contributed by atoms with E-state index in [1.165, 1.54) is 11.3 Å². The Morgan fingerprint density at radius 3 is 2.52 bits per heavy atom. The number of anilines is 2. The van der Waals surface area contributed by atoms with Gasteiger partial charge in [0, 0.05) is 35.3 Å². The first kappa shape index (κ1) is 20.7. The maximum Gasteiger partial charge on any atom is 0.266 e. The van der Waals surface area contributed by atoms with Crippen LogP contribution in [0.4, 0.5) is 10.7 Å². The van der Waals surface area contributed by atoms with Gasteiger partial charge in [-0.3, -0.25) is 14.0 Å². The highest BCUT2D eigenvalue weighted by Crippen LogP contribution is 2.29. The number of imidazole rings is 1. The van der Waals surface area contributed by atoms with Crippen molar-refractivity contribution >= 4 is 39.6 Å². The van der Waals surface area contributed by atoms with Crippen LogP contribution in [0.1, 0.15) is 36.0 Å². The Hall–Kier alpha value is -3.52. The summed E-state index contributed by atoms with van der Waals surface area (Å²) >= 11 is 1.27. The zero-order valence-corrected chi connectivity index (χ0v) is 18.6. The molecule has 0 saturated heterocycles. The quantitative estimate of drug-likeness (QED) is 0.474. The van der Waals surface area contributed by atoms with Gasteiger partial charge in [0.25, 0.3) is 5.91 Å². The Morgan fingerprint density at radius 1 is 1.10 bits per heavy atom. The molecule has 8 heteroatoms. The fourth-order valence-corrected chi connectivity index (χ4v) is 3.91. The van der Waals surface area contributed by atoms with Gasteiger partial charge < -0.3 is 10.6 Å². The molecule has 0 spiro atoms. The highest BCUT2D eigenvalue weighted by Gasteiger charge is 2.23. The van der Waals surface area contributed by atoms with Gasteiger partial charge in [0.1, 0.15) is 0 Å². The fraction of sp³-hybridized carbons (Fsp3) is 0.217. The number of fused-ring (bicyclic) bond motifs is 1. The Balaban J connectivity index is 1.47. The molecule has 158 valence electrons. The average Bonchev–Trinajstić information content (AvgIpc) is 3.31. The molecule has 31 heavy (non-hydrogen) atoms. The summed E-state index contributed by atoms with van der Waals surface area (Å²) in [5.74, 6) is 0.347. The van der Waals surface area contributed by atoms with E-state index in [0.717, 1.165) is 16.8 Å². The molecule has 0 saturated carbocycles. The lowest BCUT2D eigenvalue weighted by Gasteiger charge is -2.16. The number of amides is 2. The zero-order valence-electron chi connectivity index (χ0n) is 17.8. The summed E-state index contributed by atoms with van der Waals surface area (Å²) in [4.78, 5) is 34.3. The van der Waals surface area contributed by atoms with Crippen LogP contribution in [0.2, 0.25) is 0 Å². The Bertz CT molecular complexity index is 1230. The maximum atomic E-state index is 12.8. The lowest BCUT2D eigenvalue weighted by Crippen LogP contribution is -2.27. The predicted molar refractivity (Wildman–Crippen MR) is 124 cm³/mol. The molecule has 0 aliphatic carbocycles. The van der Waals surface area contributed by atoms with Gasteiger partial charge in [-0.15, -0.1) is 11.3 Å². The third kappa shape index (κ3) is 4.49. The molecule has 2 N–H and O–H groups in total. The van der Waals surface area contributed by atoms with Crippen molar-refractivity contribution in [1.82, 2.24) is 14.4 Å². The number of nitrogens with one attached hydrogen (secondary N) is 2. The number of thiophene rings is 1. The molecule has 0 atom stereocenters. The minimum atomic E-state index is -0.501. The largest absolute Gasteiger partial charge is 0.321 e. The van der Waals surface area contributed by atoms with E-state index < -0.39 is 5.41 Å². The first-order valence-electron chi connectivity index (χ1n) is 9.84. The maximum absolute atomic E-state index is 12.8. The second-order valence-electron chi connectivity index (χ2n) is 8.31. The van der Waals surface area contributed by atoms with Gasteiger partial charge in [-0.2, -0.15) is 0 Å². The van der Waals surface area contributed by atoms with Crippen molar-refractivity contribution in [1.29, 1.82) is 0 Å². The van der Waals surface area contributed by atoms with Gasteiger partial charge in [0.05, 0.1) is 15.6 Å². The Morgan fingerprint density at radius 2 is 1.84 bits per heavy atom. The van der Waals surface area contributed by atoms with Crippen molar-refractivity contribution in [2.45, 2.75) is 27.7 Å². The van der Waals surface area contributed by atoms with E-state index in [2.05, 4.69) is 20.6 Å². The standard InChI is InChI=1S/C23H23N5O2S/c1-14-12-18(27-21(30)23(2,3)4)31-19(14)20(29)25-16-8-6-15(7-9-16)17-13-28-11-5-10-24-22(28)26-17/h5-13H,1-4H3,(H,25,29)(H,27,30). The second-order valence-corrected chi connectivity index (χ2v) is 9.36. The van der Waals surface area contributed by atoms with Crippen LogP contribution in [0.3, 0.4) is 0 Å². The number of benzene rings is 1. The van der Waals surface area contributed by atoms with Crippen LogP contribution in [0.25, 0.3) is 17.0 Å². The fourth-order valence-electron chi connectivity index (χ4n) is 2.95. The van der Waals surface area contributed by atoms with Crippen molar-refractivity contribution in [3.63, 3.8) is 0 Å². The van der Waals surface area contributed by atoms with E-state index in [0.29, 0.717) is 21.3 Å². The first-order chi connectivity index (χ1) is 14.7. The first-order valence-corrected chi connectivity index (χ1v) is 10.7. The van der Waals surface area contributed by atoms with Crippen LogP contribution >= 0.6 is 11.3 Å². The molecule has 7 nitrogen and oxygen atoms in total. The normalized spacial score (nSPS) is 11.5. The topological polar surface area (TPSA) is 88.4 Å². The summed E-state index contributed by atoms with van der Waals surface area (Å²) in [6.07, 6.45) is 5.52. The summed E-state index contributed by atoms with van der Waals surface area (Å²) in [5.41, 5.74) is 2.75. The molecule has 0 unspecified atom stereocenters. The van der Waals surface area contributed by atoms with Crippen LogP contribution < -0.4 is 10.6 Å². The van der Waals surface area contributed by atoms with Gasteiger partial charge in [-0.25, -0.2) is 9.97 Å². The van der Waals surface area contributed by atoms with Crippen molar-refractivity contribution in [3.8, 4) is 11.3 Å². The van der Waals surface area contributed by atoms with Crippen molar-refractivity contribution in [2.75, 3.05) is 10.6 Å². The summed E-state index contributed by atoms with van der Waals surface area (Å²) in [7, 11) is 0. The molecule has 0 radical (unpaired) electrons. The van der Waals surface area contributed by atoms with Gasteiger partial charge in [-0.1, -0.05) is 32.9 Å². The van der Waals surface area contributed by atoms with E-state index >= 15 is 0 Å². The average molecular weight is 434 g/mol. The number of carbonyl (C=O) groups is 2. The van der Waals surface area contributed by atoms with E-state index in [-0.39, 0.29) is 11.8 Å². The van der Waals surface area contributed by atoms with E-state index in [4.69, 9.17) is 0 Å². The smallest absolute Gasteiger partial charge is 0.266 e. The lowest BCUT2D eigenvalue weighted by atomic mass is 9.96. The molecule has 2 amide bonds. The van der Waals surface area contributed by atoms with Gasteiger partial charge in [-0.05, 0) is 36.8 Å². The molecule has 0 fully saturated rings. The zero-order chi connectivity index (χ0) is 22.2. The minimum absolute atomic E-state index is 0.0848. The number of hydrogen-bond acceptors (Lipinski definition) is 5. The second kappa shape index (κ2) is 7.96. The van der Waals surface area contributed by atoms with E-state index in [9.17, 15) is 9.59 Å². The molecule has 1 aromatic carbocycles. The number of carbonyl (C=O) groups excluding carboxylic acids is 2. The third-order valence-corrected chi connectivity index (χ3v) is 5.87. The molecule has 4 rings (SSSR count). The van der Waals surface area contributed by atoms with Crippen LogP contribution in [0, 0.1) is 12.3 Å². The summed E-state index contributed by atoms with van der Waals surface area (Å²) in [6.45, 7) is 7.41.